The number of ketones is 1. The zero-order valence-electron chi connectivity index (χ0n) is 21.4. The highest BCUT2D eigenvalue weighted by atomic mass is 35.5. The highest BCUT2D eigenvalue weighted by Crippen LogP contribution is 2.41. The Morgan fingerprint density at radius 1 is 1.07 bits per heavy atom. The summed E-state index contributed by atoms with van der Waals surface area (Å²) in [5.74, 6) is -1.70. The van der Waals surface area contributed by atoms with Crippen LogP contribution in [-0.2, 0) is 26.0 Å². The summed E-state index contributed by atoms with van der Waals surface area (Å²) in [6, 6.07) is 16.7. The van der Waals surface area contributed by atoms with E-state index >= 15 is 0 Å². The van der Waals surface area contributed by atoms with Gasteiger partial charge in [0, 0.05) is 53.2 Å². The van der Waals surface area contributed by atoms with E-state index < -0.39 is 28.1 Å². The second-order valence-corrected chi connectivity index (χ2v) is 11.7. The minimum Gasteiger partial charge on any atom is -0.405 e. The molecule has 0 radical (unpaired) electrons. The summed E-state index contributed by atoms with van der Waals surface area (Å²) < 4.78 is 70.5. The van der Waals surface area contributed by atoms with E-state index in [0.29, 0.717) is 17.9 Å². The van der Waals surface area contributed by atoms with Crippen LogP contribution in [0.5, 0.6) is 5.75 Å². The fourth-order valence-corrected chi connectivity index (χ4v) is 5.39. The number of carbonyl (C=O) groups excluding carboxylic acids is 2. The van der Waals surface area contributed by atoms with E-state index in [9.17, 15) is 31.2 Å². The number of amides is 1. The zero-order chi connectivity index (χ0) is 29.1. The van der Waals surface area contributed by atoms with Gasteiger partial charge in [-0.2, -0.15) is 0 Å². The molecule has 12 heteroatoms. The van der Waals surface area contributed by atoms with E-state index in [1.807, 2.05) is 0 Å². The van der Waals surface area contributed by atoms with Gasteiger partial charge in [0.05, 0.1) is 11.9 Å². The van der Waals surface area contributed by atoms with Crippen molar-refractivity contribution in [2.75, 3.05) is 22.4 Å². The van der Waals surface area contributed by atoms with Crippen LogP contribution >= 0.6 is 11.6 Å². The average Bonchev–Trinajstić information content (AvgIpc) is 2.85. The molecule has 212 valence electrons. The molecule has 1 aliphatic heterocycles. The molecule has 1 aliphatic rings. The third kappa shape index (κ3) is 7.76. The number of nitrogens with zero attached hydrogens (tertiary/aromatic N) is 1. The predicted molar refractivity (Wildman–Crippen MR) is 147 cm³/mol. The van der Waals surface area contributed by atoms with Crippen molar-refractivity contribution in [3.63, 3.8) is 0 Å². The number of Topliss-reactive ketones (excluding diaryl/α,β-unsaturated/α-hetero) is 1. The van der Waals surface area contributed by atoms with Gasteiger partial charge >= 0.3 is 6.36 Å². The van der Waals surface area contributed by atoms with Crippen molar-refractivity contribution in [3.8, 4) is 16.9 Å². The van der Waals surface area contributed by atoms with E-state index in [4.69, 9.17) is 11.6 Å². The third-order valence-corrected chi connectivity index (χ3v) is 7.20. The van der Waals surface area contributed by atoms with Crippen LogP contribution in [0.1, 0.15) is 24.8 Å². The van der Waals surface area contributed by atoms with Crippen molar-refractivity contribution in [2.45, 2.75) is 32.0 Å². The van der Waals surface area contributed by atoms with Crippen LogP contribution in [0.2, 0.25) is 5.02 Å². The Labute approximate surface area is 234 Å². The first-order valence-corrected chi connectivity index (χ1v) is 14.6. The number of nitrogens with one attached hydrogen (secondary N) is 1. The number of carbonyl (C=O) groups is 2. The molecule has 3 aromatic carbocycles. The second kappa shape index (κ2) is 11.9. The van der Waals surface area contributed by atoms with Gasteiger partial charge in [-0.05, 0) is 48.7 Å². The Balaban J connectivity index is 1.61. The van der Waals surface area contributed by atoms with Crippen molar-refractivity contribution < 1.29 is 35.9 Å². The van der Waals surface area contributed by atoms with E-state index in [2.05, 4.69) is 9.46 Å². The van der Waals surface area contributed by atoms with E-state index in [0.717, 1.165) is 17.9 Å². The topological polar surface area (TPSA) is 92.8 Å². The highest BCUT2D eigenvalue weighted by Gasteiger charge is 2.35. The molecular formula is C28H26ClF3N2O5S. The Morgan fingerprint density at radius 3 is 2.45 bits per heavy atom. The molecule has 0 spiro atoms. The Bertz CT molecular complexity index is 1510. The number of rotatable bonds is 9. The van der Waals surface area contributed by atoms with Crippen molar-refractivity contribution in [3.05, 3.63) is 77.3 Å². The zero-order valence-corrected chi connectivity index (χ0v) is 22.9. The molecule has 0 aliphatic carbocycles. The number of piperidine rings is 1. The van der Waals surface area contributed by atoms with Gasteiger partial charge in [-0.25, -0.2) is 8.42 Å². The number of alkyl halides is 3. The van der Waals surface area contributed by atoms with E-state index in [1.54, 1.807) is 30.3 Å². The van der Waals surface area contributed by atoms with Gasteiger partial charge in [0.25, 0.3) is 0 Å². The number of ether oxygens (including phenoxy) is 1. The first kappa shape index (κ1) is 29.4. The Kier molecular flexibility index (Phi) is 8.74. The average molecular weight is 595 g/mol. The van der Waals surface area contributed by atoms with E-state index in [1.165, 1.54) is 35.2 Å². The largest absolute Gasteiger partial charge is 0.573 e. The SMILES string of the molecule is CS(=O)(=O)Nc1ccccc1-c1ccc(N2CCC[C@@H](CC(=O)Cc3ccc(Cl)cc3)C2=O)cc1OC(F)(F)F. The lowest BCUT2D eigenvalue weighted by molar-refractivity contribution is -0.274. The molecule has 3 aromatic rings. The first-order chi connectivity index (χ1) is 18.8. The smallest absolute Gasteiger partial charge is 0.405 e. The standard InChI is InChI=1S/C28H26ClF3N2O5S/c1-40(37,38)33-25-7-3-2-6-23(25)24-13-12-21(17-26(24)39-28(30,31)32)34-14-4-5-19(27(34)36)16-22(35)15-18-8-10-20(29)11-9-18/h2-3,6-13,17,19,33H,4-5,14-16H2,1H3/t19-/m0/s1. The molecule has 0 unspecified atom stereocenters. The molecular weight excluding hydrogens is 569 g/mol. The van der Waals surface area contributed by atoms with Crippen molar-refractivity contribution in [1.29, 1.82) is 0 Å². The first-order valence-electron chi connectivity index (χ1n) is 12.3. The fourth-order valence-electron chi connectivity index (χ4n) is 4.69. The summed E-state index contributed by atoms with van der Waals surface area (Å²) in [5.41, 5.74) is 1.15. The molecule has 1 amide bonds. The fraction of sp³-hybridized carbons (Fsp3) is 0.286. The van der Waals surface area contributed by atoms with Crippen LogP contribution in [0, 0.1) is 5.92 Å². The van der Waals surface area contributed by atoms with Gasteiger partial charge in [-0.15, -0.1) is 13.2 Å². The molecule has 1 saturated heterocycles. The van der Waals surface area contributed by atoms with Gasteiger partial charge in [-0.3, -0.25) is 14.3 Å². The molecule has 0 bridgehead atoms. The molecule has 1 atom stereocenters. The molecule has 4 rings (SSSR count). The molecule has 0 saturated carbocycles. The van der Waals surface area contributed by atoms with Crippen molar-refractivity contribution in [1.82, 2.24) is 0 Å². The van der Waals surface area contributed by atoms with Crippen LogP contribution in [0.25, 0.3) is 11.1 Å². The maximum absolute atomic E-state index is 13.4. The summed E-state index contributed by atoms with van der Waals surface area (Å²) in [7, 11) is -3.73. The number of halogens is 4. The van der Waals surface area contributed by atoms with Gasteiger partial charge < -0.3 is 9.64 Å². The number of sulfonamides is 1. The normalized spacial score (nSPS) is 16.1. The van der Waals surface area contributed by atoms with Crippen LogP contribution in [0.4, 0.5) is 24.5 Å². The van der Waals surface area contributed by atoms with Gasteiger partial charge in [-0.1, -0.05) is 41.9 Å². The van der Waals surface area contributed by atoms with Crippen LogP contribution < -0.4 is 14.4 Å². The van der Waals surface area contributed by atoms with Gasteiger partial charge in [0.15, 0.2) is 0 Å². The molecule has 1 heterocycles. The maximum Gasteiger partial charge on any atom is 0.573 e. The van der Waals surface area contributed by atoms with Crippen LogP contribution in [0.15, 0.2) is 66.7 Å². The predicted octanol–water partition coefficient (Wildman–Crippen LogP) is 6.22. The molecule has 7 nitrogen and oxygen atoms in total. The lowest BCUT2D eigenvalue weighted by Crippen LogP contribution is -2.42. The summed E-state index contributed by atoms with van der Waals surface area (Å²) in [4.78, 5) is 27.4. The third-order valence-electron chi connectivity index (χ3n) is 6.35. The lowest BCUT2D eigenvalue weighted by atomic mass is 9.90. The monoisotopic (exact) mass is 594 g/mol. The van der Waals surface area contributed by atoms with Crippen molar-refractivity contribution >= 4 is 44.7 Å². The van der Waals surface area contributed by atoms with E-state index in [-0.39, 0.29) is 53.6 Å². The number of benzene rings is 3. The molecule has 1 fully saturated rings. The Morgan fingerprint density at radius 2 is 1.77 bits per heavy atom. The minimum atomic E-state index is -5.05. The quantitative estimate of drug-likeness (QED) is 0.317. The van der Waals surface area contributed by atoms with Gasteiger partial charge in [0.2, 0.25) is 15.9 Å². The second-order valence-electron chi connectivity index (χ2n) is 9.52. The van der Waals surface area contributed by atoms with Gasteiger partial charge in [0.1, 0.15) is 11.5 Å². The molecule has 1 N–H and O–H groups in total. The lowest BCUT2D eigenvalue weighted by Gasteiger charge is -2.32. The Hall–Kier alpha value is -3.57. The number of hydrogen-bond donors (Lipinski definition) is 1. The molecule has 0 aromatic heterocycles. The van der Waals surface area contributed by atoms with Crippen molar-refractivity contribution in [2.24, 2.45) is 5.92 Å². The summed E-state index contributed by atoms with van der Waals surface area (Å²) in [6.07, 6.45) is -2.93. The molecule has 40 heavy (non-hydrogen) atoms. The summed E-state index contributed by atoms with van der Waals surface area (Å²) >= 11 is 5.89. The van der Waals surface area contributed by atoms with Crippen LogP contribution in [-0.4, -0.2) is 39.3 Å². The number of anilines is 2. The number of hydrogen-bond acceptors (Lipinski definition) is 5. The summed E-state index contributed by atoms with van der Waals surface area (Å²) in [5, 5.41) is 0.546. The highest BCUT2D eigenvalue weighted by molar-refractivity contribution is 7.92. The minimum absolute atomic E-state index is 0.00644. The summed E-state index contributed by atoms with van der Waals surface area (Å²) in [6.45, 7) is 0.262. The number of para-hydroxylation sites is 1. The van der Waals surface area contributed by atoms with Crippen LogP contribution in [0.3, 0.4) is 0 Å². The maximum atomic E-state index is 13.4.